The third-order valence-corrected chi connectivity index (χ3v) is 3.67. The highest BCUT2D eigenvalue weighted by Gasteiger charge is 2.51. The van der Waals surface area contributed by atoms with E-state index in [0.29, 0.717) is 18.9 Å². The fourth-order valence-corrected chi connectivity index (χ4v) is 2.68. The number of carbonyl (C=O) groups excluding carboxylic acids is 3. The summed E-state index contributed by atoms with van der Waals surface area (Å²) in [6, 6.07) is 0.328. The summed E-state index contributed by atoms with van der Waals surface area (Å²) in [6.07, 6.45) is 2.25. The molecule has 2 fully saturated rings. The van der Waals surface area contributed by atoms with Crippen molar-refractivity contribution in [2.24, 2.45) is 11.8 Å². The van der Waals surface area contributed by atoms with Crippen molar-refractivity contribution in [3.8, 4) is 0 Å². The van der Waals surface area contributed by atoms with E-state index in [0.717, 1.165) is 6.42 Å². The van der Waals surface area contributed by atoms with E-state index in [1.54, 1.807) is 0 Å². The molecule has 4 nitrogen and oxygen atoms in total. The molecule has 3 unspecified atom stereocenters. The molecule has 2 aliphatic carbocycles. The summed E-state index contributed by atoms with van der Waals surface area (Å²) < 4.78 is 0. The summed E-state index contributed by atoms with van der Waals surface area (Å²) in [5.41, 5.74) is 0. The van der Waals surface area contributed by atoms with Crippen LogP contribution in [0.2, 0.25) is 0 Å². The van der Waals surface area contributed by atoms with Crippen LogP contribution in [0.5, 0.6) is 0 Å². The molecule has 0 N–H and O–H groups in total. The fraction of sp³-hybridized carbons (Fsp3) is 0.727. The summed E-state index contributed by atoms with van der Waals surface area (Å²) in [5, 5.41) is 0. The first-order chi connectivity index (χ1) is 7.02. The second-order valence-corrected chi connectivity index (χ2v) is 4.70. The zero-order chi connectivity index (χ0) is 11.2. The smallest absolute Gasteiger partial charge is 0.264 e. The third kappa shape index (κ3) is 1.53. The van der Waals surface area contributed by atoms with Crippen molar-refractivity contribution in [1.29, 1.82) is 0 Å². The van der Waals surface area contributed by atoms with Crippen LogP contribution in [0.1, 0.15) is 19.3 Å². The summed E-state index contributed by atoms with van der Waals surface area (Å²) in [7, 11) is 3.93. The molecule has 0 aromatic heterocycles. The van der Waals surface area contributed by atoms with Crippen LogP contribution < -0.4 is 0 Å². The molecule has 0 saturated heterocycles. The van der Waals surface area contributed by atoms with Crippen LogP contribution in [-0.4, -0.2) is 42.4 Å². The number of hydrogen-bond acceptors (Lipinski definition) is 4. The van der Waals surface area contributed by atoms with E-state index >= 15 is 0 Å². The maximum atomic E-state index is 11.5. The van der Waals surface area contributed by atoms with Crippen LogP contribution >= 0.6 is 0 Å². The summed E-state index contributed by atoms with van der Waals surface area (Å²) in [5.74, 6) is -2.28. The van der Waals surface area contributed by atoms with Gasteiger partial charge in [0.2, 0.25) is 11.6 Å². The van der Waals surface area contributed by atoms with E-state index in [1.165, 1.54) is 0 Å². The van der Waals surface area contributed by atoms with Gasteiger partial charge in [0.25, 0.3) is 5.78 Å². The van der Waals surface area contributed by atoms with Crippen molar-refractivity contribution in [2.45, 2.75) is 25.3 Å². The average molecular weight is 209 g/mol. The number of rotatable bonds is 1. The van der Waals surface area contributed by atoms with Gasteiger partial charge in [-0.25, -0.2) is 0 Å². The van der Waals surface area contributed by atoms with E-state index in [1.807, 2.05) is 14.1 Å². The minimum Gasteiger partial charge on any atom is -0.306 e. The highest BCUT2D eigenvalue weighted by molar-refractivity contribution is 6.68. The maximum absolute atomic E-state index is 11.5. The van der Waals surface area contributed by atoms with E-state index in [2.05, 4.69) is 4.90 Å². The highest BCUT2D eigenvalue weighted by atomic mass is 16.2. The molecule has 4 heteroatoms. The lowest BCUT2D eigenvalue weighted by Crippen LogP contribution is -2.37. The standard InChI is InChI=1S/C11H15NO3/c1-12(2)6-3-4-7-8(5-6)10(14)11(15)9(7)13/h6-8H,3-5H2,1-2H3. The Kier molecular flexibility index (Phi) is 2.46. The number of nitrogens with zero attached hydrogens (tertiary/aromatic N) is 1. The minimum absolute atomic E-state index is 0.304. The SMILES string of the molecule is CN(C)C1CCC2C(=O)C(=O)C(=O)C2C1. The molecule has 2 rings (SSSR count). The summed E-state index contributed by atoms with van der Waals surface area (Å²) in [4.78, 5) is 36.3. The van der Waals surface area contributed by atoms with Crippen LogP contribution in [0.15, 0.2) is 0 Å². The van der Waals surface area contributed by atoms with Gasteiger partial charge in [-0.3, -0.25) is 14.4 Å². The Bertz CT molecular complexity index is 335. The van der Waals surface area contributed by atoms with Gasteiger partial charge in [0.05, 0.1) is 0 Å². The van der Waals surface area contributed by atoms with Gasteiger partial charge in [-0.1, -0.05) is 0 Å². The lowest BCUT2D eigenvalue weighted by molar-refractivity contribution is -0.141. The fourth-order valence-electron chi connectivity index (χ4n) is 2.68. The molecule has 15 heavy (non-hydrogen) atoms. The van der Waals surface area contributed by atoms with Gasteiger partial charge in [0, 0.05) is 17.9 Å². The molecule has 0 spiro atoms. The third-order valence-electron chi connectivity index (χ3n) is 3.67. The predicted octanol–water partition coefficient (Wildman–Crippen LogP) is 0.0538. The first-order valence-corrected chi connectivity index (χ1v) is 5.31. The van der Waals surface area contributed by atoms with Crippen molar-refractivity contribution < 1.29 is 14.4 Å². The molecule has 0 heterocycles. The monoisotopic (exact) mass is 209 g/mol. The van der Waals surface area contributed by atoms with E-state index < -0.39 is 17.3 Å². The van der Waals surface area contributed by atoms with Gasteiger partial charge < -0.3 is 4.90 Å². The Hall–Kier alpha value is -1.03. The molecule has 2 saturated carbocycles. The largest absolute Gasteiger partial charge is 0.306 e. The van der Waals surface area contributed by atoms with Gasteiger partial charge in [-0.15, -0.1) is 0 Å². The van der Waals surface area contributed by atoms with Crippen LogP contribution in [0, 0.1) is 11.8 Å². The molecule has 0 bridgehead atoms. The van der Waals surface area contributed by atoms with Gasteiger partial charge in [-0.05, 0) is 33.4 Å². The van der Waals surface area contributed by atoms with E-state index in [4.69, 9.17) is 0 Å². The quantitative estimate of drug-likeness (QED) is 0.573. The molecule has 0 aromatic rings. The average Bonchev–Trinajstić information content (AvgIpc) is 2.44. The van der Waals surface area contributed by atoms with Gasteiger partial charge >= 0.3 is 0 Å². The topological polar surface area (TPSA) is 54.5 Å². The maximum Gasteiger partial charge on any atom is 0.264 e. The van der Waals surface area contributed by atoms with E-state index in [9.17, 15) is 14.4 Å². The number of ketones is 3. The zero-order valence-electron chi connectivity index (χ0n) is 9.03. The Morgan fingerprint density at radius 1 is 1.00 bits per heavy atom. The first-order valence-electron chi connectivity index (χ1n) is 5.31. The van der Waals surface area contributed by atoms with Crippen molar-refractivity contribution in [1.82, 2.24) is 4.90 Å². The molecular weight excluding hydrogens is 194 g/mol. The molecule has 0 amide bonds. The van der Waals surface area contributed by atoms with Crippen LogP contribution in [0.25, 0.3) is 0 Å². The Morgan fingerprint density at radius 2 is 1.60 bits per heavy atom. The van der Waals surface area contributed by atoms with Crippen LogP contribution in [-0.2, 0) is 14.4 Å². The molecule has 0 radical (unpaired) electrons. The molecule has 3 atom stereocenters. The lowest BCUT2D eigenvalue weighted by Gasteiger charge is -2.33. The number of Topliss-reactive ketones (excluding diaryl/α,β-unsaturated/α-hetero) is 3. The Morgan fingerprint density at radius 3 is 2.20 bits per heavy atom. The van der Waals surface area contributed by atoms with Crippen LogP contribution in [0.3, 0.4) is 0 Å². The molecular formula is C11H15NO3. The van der Waals surface area contributed by atoms with Gasteiger partial charge in [0.15, 0.2) is 0 Å². The Labute approximate surface area is 88.6 Å². The zero-order valence-corrected chi connectivity index (χ0v) is 9.03. The predicted molar refractivity (Wildman–Crippen MR) is 53.3 cm³/mol. The molecule has 0 aromatic carbocycles. The van der Waals surface area contributed by atoms with Crippen molar-refractivity contribution >= 4 is 17.3 Å². The van der Waals surface area contributed by atoms with Crippen molar-refractivity contribution in [3.05, 3.63) is 0 Å². The minimum atomic E-state index is -0.760. The first kappa shape index (κ1) is 10.5. The highest BCUT2D eigenvalue weighted by Crippen LogP contribution is 2.37. The Balaban J connectivity index is 2.18. The normalized spacial score (nSPS) is 36.2. The molecule has 82 valence electrons. The van der Waals surface area contributed by atoms with Crippen molar-refractivity contribution in [2.75, 3.05) is 14.1 Å². The second kappa shape index (κ2) is 3.52. The summed E-state index contributed by atoms with van der Waals surface area (Å²) in [6.45, 7) is 0. The number of hydrogen-bond donors (Lipinski definition) is 0. The van der Waals surface area contributed by atoms with Gasteiger partial charge in [-0.2, -0.15) is 0 Å². The lowest BCUT2D eigenvalue weighted by atomic mass is 9.78. The van der Waals surface area contributed by atoms with Crippen molar-refractivity contribution in [3.63, 3.8) is 0 Å². The molecule has 0 aliphatic heterocycles. The summed E-state index contributed by atoms with van der Waals surface area (Å²) >= 11 is 0. The number of carbonyl (C=O) groups is 3. The van der Waals surface area contributed by atoms with Gasteiger partial charge in [0.1, 0.15) is 0 Å². The number of fused-ring (bicyclic) bond motifs is 1. The van der Waals surface area contributed by atoms with Crippen LogP contribution in [0.4, 0.5) is 0 Å². The van der Waals surface area contributed by atoms with E-state index in [-0.39, 0.29) is 11.8 Å². The second-order valence-electron chi connectivity index (χ2n) is 4.70. The molecule has 2 aliphatic rings.